The van der Waals surface area contributed by atoms with Crippen molar-refractivity contribution < 1.29 is 19.0 Å². The van der Waals surface area contributed by atoms with Crippen molar-refractivity contribution in [3.05, 3.63) is 12.7 Å². The third kappa shape index (κ3) is 22.4. The molecule has 0 aromatic rings. The molecule has 5 heteroatoms. The molecule has 0 bridgehead atoms. The van der Waals surface area contributed by atoms with Gasteiger partial charge in [-0.2, -0.15) is 5.26 Å². The number of hydrogen-bond acceptors (Lipinski definition) is 5. The molecule has 0 aromatic carbocycles. The minimum Gasteiger partial charge on any atom is -0.465 e. The summed E-state index contributed by atoms with van der Waals surface area (Å²) in [4.78, 5) is 9.59. The van der Waals surface area contributed by atoms with E-state index >= 15 is 0 Å². The van der Waals surface area contributed by atoms with Crippen LogP contribution in [-0.2, 0) is 19.0 Å². The van der Waals surface area contributed by atoms with E-state index in [1.807, 2.05) is 6.92 Å². The van der Waals surface area contributed by atoms with E-state index in [1.165, 1.54) is 6.26 Å². The van der Waals surface area contributed by atoms with Gasteiger partial charge < -0.3 is 14.2 Å². The van der Waals surface area contributed by atoms with E-state index in [2.05, 4.69) is 16.1 Å². The summed E-state index contributed by atoms with van der Waals surface area (Å²) in [6.45, 7) is 6.73. The number of carbonyl (C=O) groups excluding carboxylic acids is 1. The highest BCUT2D eigenvalue weighted by Crippen LogP contribution is 1.77. The molecule has 0 unspecified atom stereocenters. The maximum Gasteiger partial charge on any atom is 0.293 e. The Kier molecular flexibility index (Phi) is 18.7. The number of carbonyl (C=O) groups is 1. The summed E-state index contributed by atoms with van der Waals surface area (Å²) >= 11 is 0. The van der Waals surface area contributed by atoms with Gasteiger partial charge in [0.2, 0.25) is 0 Å². The van der Waals surface area contributed by atoms with Crippen molar-refractivity contribution in [2.24, 2.45) is 0 Å². The largest absolute Gasteiger partial charge is 0.465 e. The molecule has 14 heavy (non-hydrogen) atoms. The molecule has 0 atom stereocenters. The summed E-state index contributed by atoms with van der Waals surface area (Å²) in [5.74, 6) is 0. The minimum atomic E-state index is 0.232. The molecule has 0 saturated heterocycles. The maximum absolute atomic E-state index is 9.59. The van der Waals surface area contributed by atoms with Crippen molar-refractivity contribution in [3.8, 4) is 6.26 Å². The topological polar surface area (TPSA) is 68.6 Å². The average Bonchev–Trinajstić information content (AvgIpc) is 2.18. The monoisotopic (exact) mass is 201 g/mol. The van der Waals surface area contributed by atoms with Gasteiger partial charge in [-0.1, -0.05) is 6.08 Å². The standard InChI is InChI=1S/C6H9NO4.C3H6/c7-5-10-3-1-9-2-4-11-6-8;1-3-2/h6H,1-4H2;3H,1H2,2H3. The predicted molar refractivity (Wildman–Crippen MR) is 50.3 cm³/mol. The van der Waals surface area contributed by atoms with Gasteiger partial charge in [0.25, 0.3) is 12.7 Å². The van der Waals surface area contributed by atoms with Crippen LogP contribution in [0.2, 0.25) is 0 Å². The Bertz CT molecular complexity index is 165. The van der Waals surface area contributed by atoms with Crippen LogP contribution in [0.15, 0.2) is 12.7 Å². The highest BCUT2D eigenvalue weighted by atomic mass is 16.6. The van der Waals surface area contributed by atoms with Crippen LogP contribution in [0, 0.1) is 11.5 Å². The maximum atomic E-state index is 9.59. The zero-order chi connectivity index (χ0) is 11.1. The molecule has 0 radical (unpaired) electrons. The van der Waals surface area contributed by atoms with Gasteiger partial charge in [0.15, 0.2) is 0 Å². The Labute approximate surface area is 83.9 Å². The minimum absolute atomic E-state index is 0.232. The lowest BCUT2D eigenvalue weighted by molar-refractivity contribution is -0.130. The summed E-state index contributed by atoms with van der Waals surface area (Å²) in [6, 6.07) is 0. The molecule has 0 fully saturated rings. The van der Waals surface area contributed by atoms with Gasteiger partial charge in [-0.3, -0.25) is 4.79 Å². The van der Waals surface area contributed by atoms with Crippen LogP contribution < -0.4 is 0 Å². The summed E-state index contributed by atoms with van der Waals surface area (Å²) in [5.41, 5.74) is 0. The molecule has 0 aromatic heterocycles. The van der Waals surface area contributed by atoms with E-state index < -0.39 is 0 Å². The molecule has 0 heterocycles. The number of nitriles is 1. The van der Waals surface area contributed by atoms with E-state index in [1.54, 1.807) is 6.08 Å². The van der Waals surface area contributed by atoms with Gasteiger partial charge in [-0.05, 0) is 6.92 Å². The lowest BCUT2D eigenvalue weighted by Crippen LogP contribution is -2.07. The molecule has 0 amide bonds. The van der Waals surface area contributed by atoms with Gasteiger partial charge in [-0.15, -0.1) is 6.58 Å². The highest BCUT2D eigenvalue weighted by molar-refractivity contribution is 5.36. The summed E-state index contributed by atoms with van der Waals surface area (Å²) < 4.78 is 13.5. The Morgan fingerprint density at radius 3 is 2.43 bits per heavy atom. The van der Waals surface area contributed by atoms with Crippen LogP contribution in [0.25, 0.3) is 0 Å². The molecule has 0 aliphatic heterocycles. The predicted octanol–water partition coefficient (Wildman–Crippen LogP) is 0.866. The SMILES string of the molecule is C=CC.N#COCCOCCOC=O. The van der Waals surface area contributed by atoms with Gasteiger partial charge in [0, 0.05) is 0 Å². The number of allylic oxidation sites excluding steroid dienone is 1. The number of nitrogens with zero attached hydrogens (tertiary/aromatic N) is 1. The fraction of sp³-hybridized carbons (Fsp3) is 0.556. The van der Waals surface area contributed by atoms with Crippen LogP contribution in [0.5, 0.6) is 0 Å². The summed E-state index contributed by atoms with van der Waals surface area (Å²) in [7, 11) is 0. The molecule has 0 aliphatic rings. The molecule has 0 aliphatic carbocycles. The van der Waals surface area contributed by atoms with Gasteiger partial charge >= 0.3 is 0 Å². The lowest BCUT2D eigenvalue weighted by atomic mass is 10.7. The molecule has 0 saturated carbocycles. The Hall–Kier alpha value is -1.54. The van der Waals surface area contributed by atoms with Crippen molar-refractivity contribution in [3.63, 3.8) is 0 Å². The number of hydrogen-bond donors (Lipinski definition) is 0. The summed E-state index contributed by atoms with van der Waals surface area (Å²) in [5, 5.41) is 7.91. The second kappa shape index (κ2) is 17.5. The van der Waals surface area contributed by atoms with Crippen molar-refractivity contribution in [1.82, 2.24) is 0 Å². The fourth-order valence-corrected chi connectivity index (χ4v) is 0.403. The second-order valence-electron chi connectivity index (χ2n) is 1.93. The van der Waals surface area contributed by atoms with Crippen LogP contribution in [0.1, 0.15) is 6.92 Å². The summed E-state index contributed by atoms with van der Waals surface area (Å²) in [6.07, 6.45) is 3.25. The normalized spacial score (nSPS) is 7.43. The molecule has 0 spiro atoms. The highest BCUT2D eigenvalue weighted by Gasteiger charge is 1.87. The van der Waals surface area contributed by atoms with Crippen LogP contribution in [-0.4, -0.2) is 32.9 Å². The third-order valence-corrected chi connectivity index (χ3v) is 0.808. The van der Waals surface area contributed by atoms with Crippen molar-refractivity contribution >= 4 is 6.47 Å². The molecular formula is C9H15NO4. The second-order valence-corrected chi connectivity index (χ2v) is 1.93. The van der Waals surface area contributed by atoms with E-state index in [-0.39, 0.29) is 13.2 Å². The first-order chi connectivity index (χ1) is 6.83. The Morgan fingerprint density at radius 1 is 1.36 bits per heavy atom. The third-order valence-electron chi connectivity index (χ3n) is 0.808. The van der Waals surface area contributed by atoms with E-state index in [0.717, 1.165) is 0 Å². The first-order valence-corrected chi connectivity index (χ1v) is 4.04. The molecule has 0 N–H and O–H groups in total. The van der Waals surface area contributed by atoms with Gasteiger partial charge in [-0.25, -0.2) is 0 Å². The smallest absolute Gasteiger partial charge is 0.293 e. The van der Waals surface area contributed by atoms with Crippen LogP contribution >= 0.6 is 0 Å². The molecule has 0 rings (SSSR count). The zero-order valence-electron chi connectivity index (χ0n) is 8.27. The van der Waals surface area contributed by atoms with Crippen molar-refractivity contribution in [2.45, 2.75) is 6.92 Å². The zero-order valence-corrected chi connectivity index (χ0v) is 8.27. The Morgan fingerprint density at radius 2 is 1.93 bits per heavy atom. The van der Waals surface area contributed by atoms with E-state index in [0.29, 0.717) is 19.7 Å². The Balaban J connectivity index is 0. The molecule has 5 nitrogen and oxygen atoms in total. The van der Waals surface area contributed by atoms with Gasteiger partial charge in [0.1, 0.15) is 13.2 Å². The van der Waals surface area contributed by atoms with Crippen LogP contribution in [0.3, 0.4) is 0 Å². The molecule has 80 valence electrons. The quantitative estimate of drug-likeness (QED) is 0.264. The number of rotatable bonds is 7. The average molecular weight is 201 g/mol. The fourth-order valence-electron chi connectivity index (χ4n) is 0.403. The first kappa shape index (κ1) is 15.0. The first-order valence-electron chi connectivity index (χ1n) is 4.04. The molecular weight excluding hydrogens is 186 g/mol. The number of ether oxygens (including phenoxy) is 3. The van der Waals surface area contributed by atoms with Crippen molar-refractivity contribution in [2.75, 3.05) is 26.4 Å². The van der Waals surface area contributed by atoms with Crippen molar-refractivity contribution in [1.29, 1.82) is 5.26 Å². The van der Waals surface area contributed by atoms with Gasteiger partial charge in [0.05, 0.1) is 13.2 Å². The van der Waals surface area contributed by atoms with Crippen LogP contribution in [0.4, 0.5) is 0 Å². The van der Waals surface area contributed by atoms with E-state index in [9.17, 15) is 4.79 Å². The van der Waals surface area contributed by atoms with E-state index in [4.69, 9.17) is 10.00 Å². The lowest BCUT2D eigenvalue weighted by Gasteiger charge is -2.00.